The fourth-order valence-corrected chi connectivity index (χ4v) is 10.0. The van der Waals surface area contributed by atoms with Crippen LogP contribution in [0.1, 0.15) is 133 Å². The van der Waals surface area contributed by atoms with Crippen molar-refractivity contribution in [3.05, 3.63) is 115 Å². The molecule has 8 aromatic rings. The third-order valence-corrected chi connectivity index (χ3v) is 13.2. The number of benzene rings is 4. The van der Waals surface area contributed by atoms with Gasteiger partial charge in [-0.15, -0.1) is 45.3 Å². The fourth-order valence-electron chi connectivity index (χ4n) is 6.33. The molecule has 8 rings (SSSR count). The first-order valence-electron chi connectivity index (χ1n) is 19.4. The van der Waals surface area contributed by atoms with E-state index in [-0.39, 0.29) is 29.1 Å². The molecule has 4 nitrogen and oxygen atoms in total. The highest BCUT2D eigenvalue weighted by Gasteiger charge is 2.20. The average molecular weight is 837 g/mol. The molecule has 0 radical (unpaired) electrons. The lowest BCUT2D eigenvalue weighted by atomic mass is 9.86. The summed E-state index contributed by atoms with van der Waals surface area (Å²) in [4.78, 5) is 18.1. The minimum Gasteiger partial charge on any atom is -0.242 e. The lowest BCUT2D eigenvalue weighted by molar-refractivity contribution is 0.591. The van der Waals surface area contributed by atoms with Gasteiger partial charge < -0.3 is 0 Å². The topological polar surface area (TPSA) is 51.6 Å². The van der Waals surface area contributed by atoms with Gasteiger partial charge in [-0.3, -0.25) is 0 Å². The number of nitrogens with zero attached hydrogens (tertiary/aromatic N) is 4. The van der Waals surface area contributed by atoms with Gasteiger partial charge in [0.2, 0.25) is 0 Å². The van der Waals surface area contributed by atoms with Crippen LogP contribution in [0.25, 0.3) is 40.9 Å². The van der Waals surface area contributed by atoms with Gasteiger partial charge in [-0.25, -0.2) is 19.9 Å². The maximum Gasteiger partial charge on any atom is 0.0907 e. The van der Waals surface area contributed by atoms with Crippen LogP contribution in [0.5, 0.6) is 0 Å². The van der Waals surface area contributed by atoms with Crippen LogP contribution < -0.4 is 0 Å². The summed E-state index contributed by atoms with van der Waals surface area (Å²) >= 11 is 7.10. The van der Waals surface area contributed by atoms with Crippen LogP contribution in [0.15, 0.2) is 72.8 Å². The maximum atomic E-state index is 4.60. The fraction of sp³-hybridized carbons (Fsp3) is 0.429. The molecule has 0 aliphatic carbocycles. The first kappa shape index (κ1) is 46.1. The minimum atomic E-state index is 0. The van der Waals surface area contributed by atoms with Crippen LogP contribution in [-0.2, 0) is 21.7 Å². The Morgan fingerprint density at radius 3 is 1.47 bits per heavy atom. The Bertz CT molecular complexity index is 2390. The van der Waals surface area contributed by atoms with Crippen molar-refractivity contribution < 1.29 is 0 Å². The molecule has 57 heavy (non-hydrogen) atoms. The van der Waals surface area contributed by atoms with Gasteiger partial charge in [-0.2, -0.15) is 0 Å². The molecule has 0 saturated carbocycles. The van der Waals surface area contributed by atoms with Crippen LogP contribution in [0.2, 0.25) is 0 Å². The summed E-state index contributed by atoms with van der Waals surface area (Å²) in [6, 6.07) is 26.0. The lowest BCUT2D eigenvalue weighted by Gasteiger charge is -2.19. The number of thiazole rings is 4. The monoisotopic (exact) mass is 836 g/mol. The van der Waals surface area contributed by atoms with Crippen molar-refractivity contribution in [2.75, 3.05) is 0 Å². The van der Waals surface area contributed by atoms with Crippen molar-refractivity contribution >= 4 is 86.2 Å². The average Bonchev–Trinajstić information content (AvgIpc) is 3.84. The molecule has 0 bridgehead atoms. The summed E-state index contributed by atoms with van der Waals surface area (Å²) in [5.74, 6) is 0. The van der Waals surface area contributed by atoms with E-state index in [9.17, 15) is 0 Å². The van der Waals surface area contributed by atoms with E-state index in [1.165, 1.54) is 46.6 Å². The van der Waals surface area contributed by atoms with E-state index in [0.29, 0.717) is 0 Å². The number of aromatic nitrogens is 4. The van der Waals surface area contributed by atoms with E-state index in [4.69, 9.17) is 0 Å². The zero-order valence-electron chi connectivity index (χ0n) is 36.4. The number of rotatable bonds is 0. The second-order valence-electron chi connectivity index (χ2n) is 18.6. The van der Waals surface area contributed by atoms with E-state index < -0.39 is 0 Å². The molecular weight excluding hydrogens is 773 g/mol. The first-order chi connectivity index (χ1) is 25.9. The Hall–Kier alpha value is -3.56. The molecule has 0 atom stereocenters. The minimum absolute atomic E-state index is 0. The molecule has 0 unspecified atom stereocenters. The number of para-hydroxylation sites is 1. The van der Waals surface area contributed by atoms with Crippen molar-refractivity contribution in [3.63, 3.8) is 0 Å². The zero-order valence-corrected chi connectivity index (χ0v) is 39.6. The highest BCUT2D eigenvalue weighted by atomic mass is 32.1. The van der Waals surface area contributed by atoms with Crippen LogP contribution in [0.4, 0.5) is 0 Å². The van der Waals surface area contributed by atoms with E-state index in [2.05, 4.69) is 204 Å². The molecule has 4 heterocycles. The van der Waals surface area contributed by atoms with Gasteiger partial charge in [0.15, 0.2) is 0 Å². The largest absolute Gasteiger partial charge is 0.242 e. The van der Waals surface area contributed by atoms with Crippen LogP contribution in [0.3, 0.4) is 0 Å². The molecule has 0 aliphatic rings. The summed E-state index contributed by atoms with van der Waals surface area (Å²) in [5, 5.41) is 4.59. The Balaban J connectivity index is 0.000000167. The highest BCUT2D eigenvalue weighted by molar-refractivity contribution is 7.19. The van der Waals surface area contributed by atoms with Crippen molar-refractivity contribution in [2.24, 2.45) is 0 Å². The smallest absolute Gasteiger partial charge is 0.0907 e. The van der Waals surface area contributed by atoms with E-state index >= 15 is 0 Å². The third kappa shape index (κ3) is 11.8. The van der Waals surface area contributed by atoms with E-state index in [1.54, 1.807) is 45.3 Å². The van der Waals surface area contributed by atoms with Gasteiger partial charge in [0.05, 0.1) is 60.9 Å². The number of aryl methyl sites for hydroxylation is 4. The molecule has 304 valence electrons. The van der Waals surface area contributed by atoms with Crippen molar-refractivity contribution in [1.82, 2.24) is 19.9 Å². The SMILES string of the molecule is C.Cc1nc2c(C(C)(C)C)cccc2s1.Cc1nc2cc(C(C)(C)C)ccc2s1.Cc1nc2ccc(C(C)(C)C)cc2s1.Cc1nc2cccc(C(C)(C)C)c2s1. The molecule has 0 N–H and O–H groups in total. The number of fused-ring (bicyclic) bond motifs is 4. The maximum absolute atomic E-state index is 4.60. The van der Waals surface area contributed by atoms with Gasteiger partial charge in [0.25, 0.3) is 0 Å². The summed E-state index contributed by atoms with van der Waals surface area (Å²) in [6.45, 7) is 35.1. The van der Waals surface area contributed by atoms with Crippen molar-refractivity contribution in [2.45, 2.75) is 140 Å². The normalized spacial score (nSPS) is 12.1. The first-order valence-corrected chi connectivity index (χ1v) is 22.7. The second-order valence-corrected chi connectivity index (χ2v) is 23.5. The Labute approximate surface area is 358 Å². The molecule has 0 amide bonds. The Morgan fingerprint density at radius 1 is 0.386 bits per heavy atom. The van der Waals surface area contributed by atoms with Gasteiger partial charge >= 0.3 is 0 Å². The molecule has 0 spiro atoms. The molecule has 0 aliphatic heterocycles. The number of hydrogen-bond donors (Lipinski definition) is 0. The van der Waals surface area contributed by atoms with E-state index in [0.717, 1.165) is 36.6 Å². The molecule has 0 saturated heterocycles. The number of hydrogen-bond acceptors (Lipinski definition) is 8. The molecule has 0 fully saturated rings. The molecule has 8 heteroatoms. The summed E-state index contributed by atoms with van der Waals surface area (Å²) in [7, 11) is 0. The summed E-state index contributed by atoms with van der Waals surface area (Å²) in [5.41, 5.74) is 10.9. The Morgan fingerprint density at radius 2 is 0.860 bits per heavy atom. The molecule has 4 aromatic carbocycles. The summed E-state index contributed by atoms with van der Waals surface area (Å²) in [6.07, 6.45) is 0. The van der Waals surface area contributed by atoms with Crippen LogP contribution in [0, 0.1) is 27.7 Å². The molecule has 4 aromatic heterocycles. The predicted octanol–water partition coefficient (Wildman–Crippen LogP) is 16.2. The zero-order chi connectivity index (χ0) is 41.4. The third-order valence-electron chi connectivity index (χ3n) is 9.39. The van der Waals surface area contributed by atoms with Crippen LogP contribution in [-0.4, -0.2) is 19.9 Å². The van der Waals surface area contributed by atoms with E-state index in [1.807, 2.05) is 0 Å². The highest BCUT2D eigenvalue weighted by Crippen LogP contribution is 2.35. The Kier molecular flexibility index (Phi) is 14.4. The van der Waals surface area contributed by atoms with Crippen molar-refractivity contribution in [1.29, 1.82) is 0 Å². The summed E-state index contributed by atoms with van der Waals surface area (Å²) < 4.78 is 5.23. The van der Waals surface area contributed by atoms with Crippen LogP contribution >= 0.6 is 45.3 Å². The molecular formula is C49H64N4S4. The lowest BCUT2D eigenvalue weighted by Crippen LogP contribution is -2.11. The van der Waals surface area contributed by atoms with Gasteiger partial charge in [-0.05, 0) is 108 Å². The predicted molar refractivity (Wildman–Crippen MR) is 259 cm³/mol. The quantitative estimate of drug-likeness (QED) is 0.153. The van der Waals surface area contributed by atoms with Gasteiger partial charge in [0.1, 0.15) is 0 Å². The van der Waals surface area contributed by atoms with Gasteiger partial charge in [-0.1, -0.05) is 127 Å². The van der Waals surface area contributed by atoms with Crippen molar-refractivity contribution in [3.8, 4) is 0 Å². The second kappa shape index (κ2) is 17.7. The van der Waals surface area contributed by atoms with Gasteiger partial charge in [0, 0.05) is 0 Å². The standard InChI is InChI=1S/4C12H15NS.CH4/c1-8-13-10-7-9(12(2,3)4)5-6-11(10)14-8;1-8-13-10-6-5-9(12(2,3)4)7-11(10)14-8;1-8-13-11-9(12(2,3)4)6-5-7-10(11)14-8;1-8-13-10-7-5-6-9(11(10)14-8)12(2,3)4;/h4*5-7H,1-4H3;1H4.